The summed E-state index contributed by atoms with van der Waals surface area (Å²) in [4.78, 5) is 27.1. The lowest BCUT2D eigenvalue weighted by molar-refractivity contribution is -0.133. The van der Waals surface area contributed by atoms with E-state index in [1.165, 1.54) is 16.3 Å². The molecular formula is C36H41N3O4. The smallest absolute Gasteiger partial charge is 0.412 e. The van der Waals surface area contributed by atoms with Crippen molar-refractivity contribution in [3.05, 3.63) is 102 Å². The number of benzene rings is 4. The average molecular weight is 580 g/mol. The maximum atomic E-state index is 12.7. The van der Waals surface area contributed by atoms with Crippen molar-refractivity contribution in [2.45, 2.75) is 65.1 Å². The van der Waals surface area contributed by atoms with Crippen LogP contribution in [0.25, 0.3) is 10.8 Å². The molecule has 4 aromatic rings. The Balaban J connectivity index is 1.12. The fraction of sp³-hybridized carbons (Fsp3) is 0.333. The summed E-state index contributed by atoms with van der Waals surface area (Å²) in [7, 11) is 0. The molecule has 5 rings (SSSR count). The number of anilines is 2. The van der Waals surface area contributed by atoms with Gasteiger partial charge in [-0.3, -0.25) is 10.1 Å². The number of nitrogens with one attached hydrogen (secondary N) is 2. The van der Waals surface area contributed by atoms with Gasteiger partial charge in [0.25, 0.3) is 0 Å². The molecule has 7 nitrogen and oxygen atoms in total. The minimum Gasteiger partial charge on any atom is -0.444 e. The third-order valence-corrected chi connectivity index (χ3v) is 7.66. The Morgan fingerprint density at radius 2 is 1.72 bits per heavy atom. The maximum absolute atomic E-state index is 12.7. The molecule has 0 unspecified atom stereocenters. The fourth-order valence-electron chi connectivity index (χ4n) is 5.62. The number of aryl methyl sites for hydroxylation is 1. The summed E-state index contributed by atoms with van der Waals surface area (Å²) in [6.07, 6.45) is 0.718. The van der Waals surface area contributed by atoms with Gasteiger partial charge in [-0.05, 0) is 98.8 Å². The van der Waals surface area contributed by atoms with Gasteiger partial charge in [-0.1, -0.05) is 54.6 Å². The van der Waals surface area contributed by atoms with Gasteiger partial charge in [-0.15, -0.1) is 0 Å². The molecular weight excluding hydrogens is 538 g/mol. The zero-order chi connectivity index (χ0) is 30.6. The van der Waals surface area contributed by atoms with Crippen molar-refractivity contribution < 1.29 is 19.1 Å². The predicted octanol–water partition coefficient (Wildman–Crippen LogP) is 7.57. The van der Waals surface area contributed by atoms with E-state index in [-0.39, 0.29) is 18.4 Å². The first-order valence-corrected chi connectivity index (χ1v) is 14.9. The van der Waals surface area contributed by atoms with Crippen molar-refractivity contribution in [2.75, 3.05) is 23.3 Å². The lowest BCUT2D eigenvalue weighted by atomic mass is 9.99. The van der Waals surface area contributed by atoms with Gasteiger partial charge in [-0.2, -0.15) is 0 Å². The lowest BCUT2D eigenvalue weighted by Gasteiger charge is -2.23. The van der Waals surface area contributed by atoms with E-state index in [9.17, 15) is 9.59 Å². The van der Waals surface area contributed by atoms with Crippen molar-refractivity contribution in [3.63, 3.8) is 0 Å². The van der Waals surface area contributed by atoms with Gasteiger partial charge >= 0.3 is 12.1 Å². The molecule has 1 amide bonds. The van der Waals surface area contributed by atoms with Crippen LogP contribution in [0.4, 0.5) is 16.2 Å². The van der Waals surface area contributed by atoms with E-state index in [1.54, 1.807) is 18.2 Å². The zero-order valence-corrected chi connectivity index (χ0v) is 25.6. The van der Waals surface area contributed by atoms with E-state index in [4.69, 9.17) is 9.47 Å². The molecule has 1 heterocycles. The van der Waals surface area contributed by atoms with E-state index < -0.39 is 11.7 Å². The van der Waals surface area contributed by atoms with E-state index in [0.717, 1.165) is 36.3 Å². The topological polar surface area (TPSA) is 79.9 Å². The highest BCUT2D eigenvalue weighted by Crippen LogP contribution is 2.27. The molecule has 0 radical (unpaired) electrons. The van der Waals surface area contributed by atoms with Crippen LogP contribution in [0.15, 0.2) is 84.9 Å². The van der Waals surface area contributed by atoms with Crippen LogP contribution in [0.3, 0.4) is 0 Å². The number of fused-ring (bicyclic) bond motifs is 1. The van der Waals surface area contributed by atoms with Gasteiger partial charge < -0.3 is 19.7 Å². The fourth-order valence-corrected chi connectivity index (χ4v) is 5.62. The average Bonchev–Trinajstić information content (AvgIpc) is 3.42. The van der Waals surface area contributed by atoms with Crippen molar-refractivity contribution in [1.29, 1.82) is 0 Å². The summed E-state index contributed by atoms with van der Waals surface area (Å²) in [5.41, 5.74) is 4.11. The highest BCUT2D eigenvalue weighted by Gasteiger charge is 2.25. The third kappa shape index (κ3) is 7.93. The van der Waals surface area contributed by atoms with Crippen LogP contribution in [0, 0.1) is 6.92 Å². The number of rotatable bonds is 8. The summed E-state index contributed by atoms with van der Waals surface area (Å²) in [5, 5.41) is 9.12. The molecule has 0 aromatic heterocycles. The van der Waals surface area contributed by atoms with Crippen LogP contribution in [0.2, 0.25) is 0 Å². The Kier molecular flexibility index (Phi) is 9.02. The first-order valence-electron chi connectivity index (χ1n) is 14.9. The number of carbonyl (C=O) groups excluding carboxylic acids is 2. The number of carbonyl (C=O) groups is 2. The molecule has 224 valence electrons. The molecule has 2 N–H and O–H groups in total. The second-order valence-corrected chi connectivity index (χ2v) is 12.3. The van der Waals surface area contributed by atoms with E-state index in [0.29, 0.717) is 17.5 Å². The Morgan fingerprint density at radius 3 is 2.47 bits per heavy atom. The van der Waals surface area contributed by atoms with Crippen LogP contribution in [-0.2, 0) is 16.0 Å². The van der Waals surface area contributed by atoms with Crippen LogP contribution < -0.4 is 20.3 Å². The highest BCUT2D eigenvalue weighted by molar-refractivity contribution is 5.86. The zero-order valence-electron chi connectivity index (χ0n) is 25.6. The number of hydrogen-bond acceptors (Lipinski definition) is 6. The van der Waals surface area contributed by atoms with Gasteiger partial charge in [0.1, 0.15) is 11.4 Å². The number of nitrogens with zero attached hydrogens (tertiary/aromatic N) is 1. The SMILES string of the molecule is Cc1cc(NC(=O)OC(C)(C)C)ccc1OC(=O)Cc1ccc(N2CC[C@H](N[C@H](C)c3cccc4ccccc34)C2)cc1. The standard InChI is InChI=1S/C36H41N3O4/c1-24-21-28(38-35(41)43-36(3,4)5)15-18-33(24)42-34(40)22-26-13-16-30(17-14-26)39-20-19-29(23-39)37-25(2)31-12-8-10-27-9-6-7-11-32(27)31/h6-18,21,25,29,37H,19-20,22-23H2,1-5H3,(H,38,41)/t25-,29+/m1/s1. The summed E-state index contributed by atoms with van der Waals surface area (Å²) in [6.45, 7) is 11.4. The molecule has 1 saturated heterocycles. The number of esters is 1. The van der Waals surface area contributed by atoms with Gasteiger partial charge in [0.15, 0.2) is 0 Å². The number of ether oxygens (including phenoxy) is 2. The van der Waals surface area contributed by atoms with Crippen molar-refractivity contribution >= 4 is 34.2 Å². The second kappa shape index (κ2) is 12.9. The normalized spacial score (nSPS) is 15.7. The van der Waals surface area contributed by atoms with Crippen molar-refractivity contribution in [1.82, 2.24) is 5.32 Å². The molecule has 0 saturated carbocycles. The van der Waals surface area contributed by atoms with Gasteiger partial charge in [0.05, 0.1) is 6.42 Å². The number of amides is 1. The summed E-state index contributed by atoms with van der Waals surface area (Å²) < 4.78 is 10.9. The third-order valence-electron chi connectivity index (χ3n) is 7.66. The highest BCUT2D eigenvalue weighted by atomic mass is 16.6. The van der Waals surface area contributed by atoms with Crippen LogP contribution >= 0.6 is 0 Å². The molecule has 0 spiro atoms. The molecule has 0 aliphatic carbocycles. The summed E-state index contributed by atoms with van der Waals surface area (Å²) in [6, 6.07) is 29.0. The largest absolute Gasteiger partial charge is 0.444 e. The van der Waals surface area contributed by atoms with E-state index >= 15 is 0 Å². The molecule has 4 aromatic carbocycles. The Bertz CT molecular complexity index is 1590. The first-order chi connectivity index (χ1) is 20.5. The molecule has 7 heteroatoms. The van der Waals surface area contributed by atoms with E-state index in [2.05, 4.69) is 77.1 Å². The maximum Gasteiger partial charge on any atom is 0.412 e. The summed E-state index contributed by atoms with van der Waals surface area (Å²) in [5.74, 6) is 0.126. The van der Waals surface area contributed by atoms with Gasteiger partial charge in [0.2, 0.25) is 0 Å². The quantitative estimate of drug-likeness (QED) is 0.166. The molecule has 0 bridgehead atoms. The molecule has 1 fully saturated rings. The van der Waals surface area contributed by atoms with Crippen LogP contribution in [-0.4, -0.2) is 36.8 Å². The van der Waals surface area contributed by atoms with Crippen molar-refractivity contribution in [3.8, 4) is 5.75 Å². The first kappa shape index (κ1) is 30.1. The predicted molar refractivity (Wildman–Crippen MR) is 173 cm³/mol. The molecule has 1 aliphatic heterocycles. The molecule has 1 aliphatic rings. The van der Waals surface area contributed by atoms with Gasteiger partial charge in [-0.25, -0.2) is 4.79 Å². The summed E-state index contributed by atoms with van der Waals surface area (Å²) >= 11 is 0. The Labute approximate surface area is 254 Å². The second-order valence-electron chi connectivity index (χ2n) is 12.3. The van der Waals surface area contributed by atoms with Gasteiger partial charge in [0, 0.05) is 36.5 Å². The van der Waals surface area contributed by atoms with E-state index in [1.807, 2.05) is 39.8 Å². The Hall–Kier alpha value is -4.36. The minimum atomic E-state index is -0.585. The van der Waals surface area contributed by atoms with Crippen molar-refractivity contribution in [2.24, 2.45) is 0 Å². The monoisotopic (exact) mass is 579 g/mol. The Morgan fingerprint density at radius 1 is 0.977 bits per heavy atom. The minimum absolute atomic E-state index is 0.171. The van der Waals surface area contributed by atoms with Crippen LogP contribution in [0.1, 0.15) is 56.8 Å². The molecule has 43 heavy (non-hydrogen) atoms. The molecule has 2 atom stereocenters. The number of hydrogen-bond donors (Lipinski definition) is 2. The van der Waals surface area contributed by atoms with Crippen LogP contribution in [0.5, 0.6) is 5.75 Å². The lowest BCUT2D eigenvalue weighted by Crippen LogP contribution is -2.34.